The highest BCUT2D eigenvalue weighted by Crippen LogP contribution is 2.22. The molecule has 0 spiro atoms. The quantitative estimate of drug-likeness (QED) is 0.529. The Balaban J connectivity index is 1.89. The summed E-state index contributed by atoms with van der Waals surface area (Å²) < 4.78 is 23.9. The number of carbonyl (C=O) groups excluding carboxylic acids is 1. The van der Waals surface area contributed by atoms with Crippen LogP contribution in [0, 0.1) is 12.7 Å². The first-order valence-electron chi connectivity index (χ1n) is 5.97. The minimum atomic E-state index is -0.748. The Morgan fingerprint density at radius 3 is 2.85 bits per heavy atom. The summed E-state index contributed by atoms with van der Waals surface area (Å²) in [5, 5.41) is 0. The SMILES string of the molecule is Cc1nc2cc(OC(=O)c3ccccc3F)ccc2o1. The molecule has 0 unspecified atom stereocenters. The summed E-state index contributed by atoms with van der Waals surface area (Å²) >= 11 is 0. The van der Waals surface area contributed by atoms with E-state index in [0.717, 1.165) is 0 Å². The lowest BCUT2D eigenvalue weighted by molar-refractivity contribution is 0.0730. The van der Waals surface area contributed by atoms with Crippen LogP contribution in [0.5, 0.6) is 5.75 Å². The third kappa shape index (κ3) is 2.25. The number of oxazole rings is 1. The maximum Gasteiger partial charge on any atom is 0.346 e. The number of fused-ring (bicyclic) bond motifs is 1. The standard InChI is InChI=1S/C15H10FNO3/c1-9-17-13-8-10(6-7-14(13)19-9)20-15(18)11-4-2-3-5-12(11)16/h2-8H,1H3. The van der Waals surface area contributed by atoms with E-state index in [2.05, 4.69) is 4.98 Å². The van der Waals surface area contributed by atoms with E-state index in [4.69, 9.17) is 9.15 Å². The van der Waals surface area contributed by atoms with Gasteiger partial charge in [-0.2, -0.15) is 0 Å². The molecule has 4 nitrogen and oxygen atoms in total. The number of hydrogen-bond donors (Lipinski definition) is 0. The van der Waals surface area contributed by atoms with E-state index in [1.54, 1.807) is 31.2 Å². The van der Waals surface area contributed by atoms with Crippen LogP contribution in [-0.2, 0) is 0 Å². The van der Waals surface area contributed by atoms with Crippen molar-refractivity contribution < 1.29 is 18.3 Å². The lowest BCUT2D eigenvalue weighted by Gasteiger charge is -2.04. The van der Waals surface area contributed by atoms with Gasteiger partial charge in [-0.05, 0) is 24.3 Å². The van der Waals surface area contributed by atoms with E-state index in [-0.39, 0.29) is 5.56 Å². The number of rotatable bonds is 2. The Morgan fingerprint density at radius 2 is 2.05 bits per heavy atom. The number of carbonyl (C=O) groups is 1. The number of aryl methyl sites for hydroxylation is 1. The van der Waals surface area contributed by atoms with Gasteiger partial charge >= 0.3 is 5.97 Å². The van der Waals surface area contributed by atoms with Gasteiger partial charge in [-0.15, -0.1) is 0 Å². The van der Waals surface area contributed by atoms with E-state index < -0.39 is 11.8 Å². The number of ether oxygens (including phenoxy) is 1. The molecule has 1 aromatic heterocycles. The second-order valence-corrected chi connectivity index (χ2v) is 4.23. The van der Waals surface area contributed by atoms with Crippen molar-refractivity contribution in [2.24, 2.45) is 0 Å². The second-order valence-electron chi connectivity index (χ2n) is 4.23. The molecule has 3 aromatic rings. The third-order valence-electron chi connectivity index (χ3n) is 2.77. The molecule has 0 aliphatic rings. The van der Waals surface area contributed by atoms with Crippen LogP contribution in [0.25, 0.3) is 11.1 Å². The van der Waals surface area contributed by atoms with Crippen molar-refractivity contribution in [1.29, 1.82) is 0 Å². The molecule has 20 heavy (non-hydrogen) atoms. The molecule has 2 aromatic carbocycles. The zero-order chi connectivity index (χ0) is 14.1. The molecule has 0 aliphatic heterocycles. The molecule has 100 valence electrons. The van der Waals surface area contributed by atoms with Crippen LogP contribution in [0.2, 0.25) is 0 Å². The van der Waals surface area contributed by atoms with Crippen molar-refractivity contribution in [3.63, 3.8) is 0 Å². The van der Waals surface area contributed by atoms with Gasteiger partial charge in [0.15, 0.2) is 11.5 Å². The van der Waals surface area contributed by atoms with Gasteiger partial charge in [0.1, 0.15) is 17.1 Å². The van der Waals surface area contributed by atoms with Gasteiger partial charge in [-0.1, -0.05) is 12.1 Å². The van der Waals surface area contributed by atoms with Crippen LogP contribution >= 0.6 is 0 Å². The lowest BCUT2D eigenvalue weighted by Crippen LogP contribution is -2.10. The van der Waals surface area contributed by atoms with Gasteiger partial charge in [-0.3, -0.25) is 0 Å². The fourth-order valence-electron chi connectivity index (χ4n) is 1.87. The van der Waals surface area contributed by atoms with E-state index in [9.17, 15) is 9.18 Å². The normalized spacial score (nSPS) is 10.7. The fraction of sp³-hybridized carbons (Fsp3) is 0.0667. The van der Waals surface area contributed by atoms with Gasteiger partial charge in [0, 0.05) is 13.0 Å². The number of hydrogen-bond acceptors (Lipinski definition) is 4. The summed E-state index contributed by atoms with van der Waals surface area (Å²) in [5.41, 5.74) is 1.08. The monoisotopic (exact) mass is 271 g/mol. The zero-order valence-corrected chi connectivity index (χ0v) is 10.6. The fourth-order valence-corrected chi connectivity index (χ4v) is 1.87. The Morgan fingerprint density at radius 1 is 1.25 bits per heavy atom. The van der Waals surface area contributed by atoms with Gasteiger partial charge in [0.05, 0.1) is 5.56 Å². The molecule has 0 fully saturated rings. The Labute approximate surface area is 113 Å². The van der Waals surface area contributed by atoms with E-state index in [0.29, 0.717) is 22.7 Å². The molecular formula is C15H10FNO3. The van der Waals surface area contributed by atoms with E-state index in [1.165, 1.54) is 18.2 Å². The molecule has 1 heterocycles. The molecular weight excluding hydrogens is 261 g/mol. The topological polar surface area (TPSA) is 52.3 Å². The molecule has 0 aliphatic carbocycles. The predicted molar refractivity (Wildman–Crippen MR) is 70.1 cm³/mol. The van der Waals surface area contributed by atoms with Crippen molar-refractivity contribution >= 4 is 17.1 Å². The van der Waals surface area contributed by atoms with Gasteiger partial charge in [0.25, 0.3) is 0 Å². The summed E-state index contributed by atoms with van der Waals surface area (Å²) in [5.74, 6) is -0.546. The van der Waals surface area contributed by atoms with E-state index in [1.807, 2.05) is 0 Å². The smallest absolute Gasteiger partial charge is 0.346 e. The van der Waals surface area contributed by atoms with Crippen molar-refractivity contribution in [3.05, 3.63) is 59.7 Å². The minimum absolute atomic E-state index is 0.107. The minimum Gasteiger partial charge on any atom is -0.441 e. The average molecular weight is 271 g/mol. The highest BCUT2D eigenvalue weighted by Gasteiger charge is 2.14. The van der Waals surface area contributed by atoms with Crippen LogP contribution in [-0.4, -0.2) is 11.0 Å². The maximum absolute atomic E-state index is 13.5. The van der Waals surface area contributed by atoms with Crippen LogP contribution < -0.4 is 4.74 Å². The molecule has 0 saturated heterocycles. The van der Waals surface area contributed by atoms with Crippen LogP contribution in [0.4, 0.5) is 4.39 Å². The molecule has 0 saturated carbocycles. The van der Waals surface area contributed by atoms with E-state index >= 15 is 0 Å². The Kier molecular flexibility index (Phi) is 2.95. The molecule has 0 radical (unpaired) electrons. The summed E-state index contributed by atoms with van der Waals surface area (Å²) in [6.07, 6.45) is 0. The first-order valence-corrected chi connectivity index (χ1v) is 5.97. The summed E-state index contributed by atoms with van der Waals surface area (Å²) in [6.45, 7) is 1.73. The number of aromatic nitrogens is 1. The summed E-state index contributed by atoms with van der Waals surface area (Å²) in [4.78, 5) is 16.0. The van der Waals surface area contributed by atoms with Crippen molar-refractivity contribution in [2.45, 2.75) is 6.92 Å². The van der Waals surface area contributed by atoms with Gasteiger partial charge < -0.3 is 9.15 Å². The Bertz CT molecular complexity index is 795. The van der Waals surface area contributed by atoms with Crippen LogP contribution in [0.3, 0.4) is 0 Å². The highest BCUT2D eigenvalue weighted by atomic mass is 19.1. The second kappa shape index (κ2) is 4.77. The molecule has 3 rings (SSSR count). The first kappa shape index (κ1) is 12.3. The summed E-state index contributed by atoms with van der Waals surface area (Å²) in [7, 11) is 0. The number of esters is 1. The summed E-state index contributed by atoms with van der Waals surface area (Å²) in [6, 6.07) is 10.5. The molecule has 0 atom stereocenters. The van der Waals surface area contributed by atoms with Crippen molar-refractivity contribution in [1.82, 2.24) is 4.98 Å². The zero-order valence-electron chi connectivity index (χ0n) is 10.6. The van der Waals surface area contributed by atoms with Crippen molar-refractivity contribution in [3.8, 4) is 5.75 Å². The van der Waals surface area contributed by atoms with Crippen molar-refractivity contribution in [2.75, 3.05) is 0 Å². The molecule has 5 heteroatoms. The van der Waals surface area contributed by atoms with Gasteiger partial charge in [-0.25, -0.2) is 14.2 Å². The number of nitrogens with zero attached hydrogens (tertiary/aromatic N) is 1. The highest BCUT2D eigenvalue weighted by molar-refractivity contribution is 5.91. The maximum atomic E-state index is 13.5. The molecule has 0 bridgehead atoms. The largest absolute Gasteiger partial charge is 0.441 e. The number of benzene rings is 2. The number of halogens is 1. The predicted octanol–water partition coefficient (Wildman–Crippen LogP) is 3.49. The Hall–Kier alpha value is -2.69. The average Bonchev–Trinajstić information content (AvgIpc) is 2.78. The third-order valence-corrected chi connectivity index (χ3v) is 2.77. The molecule has 0 amide bonds. The first-order chi connectivity index (χ1) is 9.63. The molecule has 0 N–H and O–H groups in total. The van der Waals surface area contributed by atoms with Gasteiger partial charge in [0.2, 0.25) is 0 Å². The lowest BCUT2D eigenvalue weighted by atomic mass is 10.2. The van der Waals surface area contributed by atoms with Crippen LogP contribution in [0.15, 0.2) is 46.9 Å². The van der Waals surface area contributed by atoms with Crippen LogP contribution in [0.1, 0.15) is 16.2 Å².